The van der Waals surface area contributed by atoms with Crippen LogP contribution in [-0.2, 0) is 6.54 Å². The van der Waals surface area contributed by atoms with Gasteiger partial charge in [0.2, 0.25) is 0 Å². The van der Waals surface area contributed by atoms with E-state index in [-0.39, 0.29) is 0 Å². The van der Waals surface area contributed by atoms with Crippen LogP contribution in [0, 0.1) is 0 Å². The van der Waals surface area contributed by atoms with Gasteiger partial charge < -0.3 is 20.0 Å². The first-order chi connectivity index (χ1) is 13.6. The van der Waals surface area contributed by atoms with Crippen molar-refractivity contribution in [3.63, 3.8) is 0 Å². The van der Waals surface area contributed by atoms with Crippen LogP contribution < -0.4 is 10.2 Å². The average Bonchev–Trinajstić information content (AvgIpc) is 2.72. The van der Waals surface area contributed by atoms with Crippen LogP contribution in [0.3, 0.4) is 0 Å². The standard InChI is InChI=1S/C22H38N6/c1-5-7-8-9-10-13-27(4)22(23-6-2)25-19-20-11-12-21(24-18-20)28-16-14-26(3)15-17-28/h5,11-12,18H,1,6-10,13-17,19H2,2-4H3,(H,23,25). The number of aromatic nitrogens is 1. The van der Waals surface area contributed by atoms with E-state index in [2.05, 4.69) is 64.7 Å². The van der Waals surface area contributed by atoms with Gasteiger partial charge in [-0.1, -0.05) is 18.6 Å². The molecule has 1 saturated heterocycles. The molecule has 0 aliphatic carbocycles. The molecule has 1 N–H and O–H groups in total. The van der Waals surface area contributed by atoms with Gasteiger partial charge in [0.25, 0.3) is 0 Å². The van der Waals surface area contributed by atoms with Crippen molar-refractivity contribution >= 4 is 11.8 Å². The summed E-state index contributed by atoms with van der Waals surface area (Å²) < 4.78 is 0. The maximum absolute atomic E-state index is 4.81. The highest BCUT2D eigenvalue weighted by Crippen LogP contribution is 2.14. The van der Waals surface area contributed by atoms with Crippen molar-refractivity contribution in [2.45, 2.75) is 39.2 Å². The van der Waals surface area contributed by atoms with Gasteiger partial charge in [0, 0.05) is 52.5 Å². The van der Waals surface area contributed by atoms with Crippen molar-refractivity contribution in [3.8, 4) is 0 Å². The zero-order valence-corrected chi connectivity index (χ0v) is 18.0. The largest absolute Gasteiger partial charge is 0.357 e. The van der Waals surface area contributed by atoms with Gasteiger partial charge in [-0.25, -0.2) is 9.98 Å². The Labute approximate surface area is 171 Å². The second-order valence-corrected chi connectivity index (χ2v) is 7.54. The fourth-order valence-electron chi connectivity index (χ4n) is 3.29. The molecule has 1 aromatic heterocycles. The minimum Gasteiger partial charge on any atom is -0.357 e. The maximum atomic E-state index is 4.81. The fraction of sp³-hybridized carbons (Fsp3) is 0.636. The Morgan fingerprint density at radius 1 is 1.25 bits per heavy atom. The van der Waals surface area contributed by atoms with E-state index in [1.807, 2.05) is 12.3 Å². The van der Waals surface area contributed by atoms with E-state index in [9.17, 15) is 0 Å². The molecule has 0 aromatic carbocycles. The van der Waals surface area contributed by atoms with E-state index in [1.165, 1.54) is 19.3 Å². The topological polar surface area (TPSA) is 47.0 Å². The van der Waals surface area contributed by atoms with Crippen LogP contribution in [0.5, 0.6) is 0 Å². The lowest BCUT2D eigenvalue weighted by Crippen LogP contribution is -2.44. The second-order valence-electron chi connectivity index (χ2n) is 7.54. The van der Waals surface area contributed by atoms with Crippen molar-refractivity contribution in [3.05, 3.63) is 36.5 Å². The van der Waals surface area contributed by atoms with Crippen molar-refractivity contribution in [2.24, 2.45) is 4.99 Å². The third-order valence-electron chi connectivity index (χ3n) is 5.15. The molecule has 0 radical (unpaired) electrons. The quantitative estimate of drug-likeness (QED) is 0.290. The van der Waals surface area contributed by atoms with Crippen LogP contribution >= 0.6 is 0 Å². The van der Waals surface area contributed by atoms with E-state index in [4.69, 9.17) is 4.99 Å². The number of rotatable bonds is 10. The van der Waals surface area contributed by atoms with Crippen molar-refractivity contribution in [2.75, 3.05) is 58.3 Å². The van der Waals surface area contributed by atoms with Crippen molar-refractivity contribution in [1.29, 1.82) is 0 Å². The fourth-order valence-corrected chi connectivity index (χ4v) is 3.29. The van der Waals surface area contributed by atoms with Crippen LogP contribution in [-0.4, -0.2) is 74.1 Å². The minimum atomic E-state index is 0.652. The number of nitrogens with zero attached hydrogens (tertiary/aromatic N) is 5. The molecular formula is C22H38N6. The lowest BCUT2D eigenvalue weighted by molar-refractivity contribution is 0.312. The monoisotopic (exact) mass is 386 g/mol. The van der Waals surface area contributed by atoms with Gasteiger partial charge in [0.15, 0.2) is 5.96 Å². The summed E-state index contributed by atoms with van der Waals surface area (Å²) in [5.41, 5.74) is 1.15. The number of anilines is 1. The molecule has 1 aliphatic heterocycles. The summed E-state index contributed by atoms with van der Waals surface area (Å²) in [6, 6.07) is 4.29. The van der Waals surface area contributed by atoms with E-state index in [1.54, 1.807) is 0 Å². The molecule has 0 atom stereocenters. The normalized spacial score (nSPS) is 15.5. The zero-order chi connectivity index (χ0) is 20.2. The lowest BCUT2D eigenvalue weighted by atomic mass is 10.2. The van der Waals surface area contributed by atoms with Gasteiger partial charge in [-0.3, -0.25) is 0 Å². The van der Waals surface area contributed by atoms with E-state index >= 15 is 0 Å². The number of piperazine rings is 1. The van der Waals surface area contributed by atoms with Gasteiger partial charge in [-0.05, 0) is 44.9 Å². The minimum absolute atomic E-state index is 0.652. The van der Waals surface area contributed by atoms with Gasteiger partial charge in [0.05, 0.1) is 6.54 Å². The molecule has 28 heavy (non-hydrogen) atoms. The summed E-state index contributed by atoms with van der Waals surface area (Å²) in [6.07, 6.45) is 8.70. The number of nitrogens with one attached hydrogen (secondary N) is 1. The Morgan fingerprint density at radius 3 is 2.68 bits per heavy atom. The first kappa shape index (κ1) is 22.2. The van der Waals surface area contributed by atoms with Crippen LogP contribution in [0.4, 0.5) is 5.82 Å². The number of hydrogen-bond acceptors (Lipinski definition) is 4. The Kier molecular flexibility index (Phi) is 9.83. The Bertz CT molecular complexity index is 590. The number of likely N-dealkylation sites (N-methyl/N-ethyl adjacent to an activating group) is 1. The molecular weight excluding hydrogens is 348 g/mol. The number of allylic oxidation sites excluding steroid dienone is 1. The van der Waals surface area contributed by atoms with Crippen molar-refractivity contribution < 1.29 is 0 Å². The van der Waals surface area contributed by atoms with Gasteiger partial charge >= 0.3 is 0 Å². The highest BCUT2D eigenvalue weighted by molar-refractivity contribution is 5.79. The molecule has 0 saturated carbocycles. The molecule has 0 spiro atoms. The molecule has 156 valence electrons. The molecule has 6 nitrogen and oxygen atoms in total. The van der Waals surface area contributed by atoms with Gasteiger partial charge in [-0.2, -0.15) is 0 Å². The summed E-state index contributed by atoms with van der Waals surface area (Å²) in [7, 11) is 4.29. The SMILES string of the molecule is C=CCCCCCN(C)C(=NCc1ccc(N2CCN(C)CC2)nc1)NCC. The van der Waals surface area contributed by atoms with Gasteiger partial charge in [-0.15, -0.1) is 6.58 Å². The molecule has 0 bridgehead atoms. The number of unbranched alkanes of at least 4 members (excludes halogenated alkanes) is 3. The zero-order valence-electron chi connectivity index (χ0n) is 18.0. The first-order valence-electron chi connectivity index (χ1n) is 10.6. The van der Waals surface area contributed by atoms with Crippen LogP contribution in [0.15, 0.2) is 36.0 Å². The van der Waals surface area contributed by atoms with Gasteiger partial charge in [0.1, 0.15) is 5.82 Å². The molecule has 0 amide bonds. The Hall–Kier alpha value is -2.08. The summed E-state index contributed by atoms with van der Waals surface area (Å²) in [5, 5.41) is 3.40. The lowest BCUT2D eigenvalue weighted by Gasteiger charge is -2.33. The molecule has 2 rings (SSSR count). The summed E-state index contributed by atoms with van der Waals surface area (Å²) in [4.78, 5) is 16.4. The highest BCUT2D eigenvalue weighted by atomic mass is 15.3. The molecule has 1 aromatic rings. The summed E-state index contributed by atoms with van der Waals surface area (Å²) >= 11 is 0. The number of pyridine rings is 1. The second kappa shape index (κ2) is 12.4. The third-order valence-corrected chi connectivity index (χ3v) is 5.15. The Morgan fingerprint density at radius 2 is 2.04 bits per heavy atom. The maximum Gasteiger partial charge on any atom is 0.193 e. The molecule has 2 heterocycles. The van der Waals surface area contributed by atoms with E-state index < -0.39 is 0 Å². The van der Waals surface area contributed by atoms with Crippen molar-refractivity contribution in [1.82, 2.24) is 20.1 Å². The van der Waals surface area contributed by atoms with Crippen LogP contribution in [0.2, 0.25) is 0 Å². The van der Waals surface area contributed by atoms with E-state index in [0.717, 1.165) is 63.0 Å². The smallest absolute Gasteiger partial charge is 0.193 e. The summed E-state index contributed by atoms with van der Waals surface area (Å²) in [5.74, 6) is 2.04. The molecule has 1 fully saturated rings. The third kappa shape index (κ3) is 7.50. The summed E-state index contributed by atoms with van der Waals surface area (Å²) in [6.45, 7) is 12.7. The predicted molar refractivity (Wildman–Crippen MR) is 120 cm³/mol. The molecule has 1 aliphatic rings. The number of hydrogen-bond donors (Lipinski definition) is 1. The highest BCUT2D eigenvalue weighted by Gasteiger charge is 2.15. The first-order valence-corrected chi connectivity index (χ1v) is 10.6. The molecule has 0 unspecified atom stereocenters. The number of aliphatic imine (C=N–C) groups is 1. The average molecular weight is 387 g/mol. The van der Waals surface area contributed by atoms with Crippen LogP contribution in [0.1, 0.15) is 38.2 Å². The molecule has 6 heteroatoms. The van der Waals surface area contributed by atoms with E-state index in [0.29, 0.717) is 6.54 Å². The number of guanidine groups is 1. The Balaban J connectivity index is 1.86. The predicted octanol–water partition coefficient (Wildman–Crippen LogP) is 2.98. The van der Waals surface area contributed by atoms with Crippen LogP contribution in [0.25, 0.3) is 0 Å².